The predicted octanol–water partition coefficient (Wildman–Crippen LogP) is 3.99. The van der Waals surface area contributed by atoms with Gasteiger partial charge in [-0.2, -0.15) is 10.4 Å². The Hall–Kier alpha value is -2.28. The molecular weight excluding hydrogens is 284 g/mol. The van der Waals surface area contributed by atoms with Crippen molar-refractivity contribution in [3.63, 3.8) is 0 Å². The maximum atomic E-state index is 8.89. The van der Waals surface area contributed by atoms with Gasteiger partial charge in [-0.15, -0.1) is 0 Å². The van der Waals surface area contributed by atoms with Gasteiger partial charge in [0.25, 0.3) is 0 Å². The second-order valence-electron chi connectivity index (χ2n) is 6.39. The number of rotatable bonds is 8. The molecule has 23 heavy (non-hydrogen) atoms. The van der Waals surface area contributed by atoms with Crippen LogP contribution in [0, 0.1) is 11.3 Å². The van der Waals surface area contributed by atoms with Crippen molar-refractivity contribution < 1.29 is 0 Å². The van der Waals surface area contributed by atoms with Crippen molar-refractivity contribution in [2.45, 2.75) is 44.4 Å². The zero-order valence-corrected chi connectivity index (χ0v) is 13.8. The van der Waals surface area contributed by atoms with Gasteiger partial charge >= 0.3 is 0 Å². The van der Waals surface area contributed by atoms with Crippen LogP contribution in [0.3, 0.4) is 0 Å². The molecule has 0 spiro atoms. The molecule has 0 bridgehead atoms. The summed E-state index contributed by atoms with van der Waals surface area (Å²) in [5, 5.41) is 16.9. The smallest absolute Gasteiger partial charge is 0.0992 e. The molecule has 0 unspecified atom stereocenters. The first-order valence-electron chi connectivity index (χ1n) is 8.53. The van der Waals surface area contributed by atoms with E-state index in [0.29, 0.717) is 5.56 Å². The van der Waals surface area contributed by atoms with E-state index in [2.05, 4.69) is 34.3 Å². The minimum absolute atomic E-state index is 0.705. The average Bonchev–Trinajstić information content (AvgIpc) is 3.34. The summed E-state index contributed by atoms with van der Waals surface area (Å²) in [5.74, 6) is 0.773. The van der Waals surface area contributed by atoms with E-state index in [9.17, 15) is 0 Å². The summed E-state index contributed by atoms with van der Waals surface area (Å²) >= 11 is 0. The molecule has 1 aliphatic carbocycles. The molecule has 0 amide bonds. The van der Waals surface area contributed by atoms with Crippen LogP contribution < -0.4 is 5.32 Å². The lowest BCUT2D eigenvalue weighted by Crippen LogP contribution is -2.02. The SMILES string of the molecule is Cn1nc(CCCCCNc2cccc(C#N)c2)cc1C1CC1. The summed E-state index contributed by atoms with van der Waals surface area (Å²) in [5.41, 5.74) is 4.39. The minimum atomic E-state index is 0.705. The highest BCUT2D eigenvalue weighted by Gasteiger charge is 2.26. The van der Waals surface area contributed by atoms with Gasteiger partial charge in [-0.25, -0.2) is 0 Å². The maximum absolute atomic E-state index is 8.89. The third-order valence-electron chi connectivity index (χ3n) is 4.39. The second-order valence-corrected chi connectivity index (χ2v) is 6.39. The van der Waals surface area contributed by atoms with Gasteiger partial charge in [0.2, 0.25) is 0 Å². The van der Waals surface area contributed by atoms with Crippen LogP contribution in [0.2, 0.25) is 0 Å². The first-order chi connectivity index (χ1) is 11.3. The molecule has 1 aromatic heterocycles. The van der Waals surface area contributed by atoms with Crippen molar-refractivity contribution in [2.24, 2.45) is 7.05 Å². The van der Waals surface area contributed by atoms with Crippen molar-refractivity contribution >= 4 is 5.69 Å². The topological polar surface area (TPSA) is 53.6 Å². The van der Waals surface area contributed by atoms with Crippen LogP contribution in [0.5, 0.6) is 0 Å². The van der Waals surface area contributed by atoms with Crippen LogP contribution in [0.15, 0.2) is 30.3 Å². The third-order valence-corrected chi connectivity index (χ3v) is 4.39. The van der Waals surface area contributed by atoms with E-state index >= 15 is 0 Å². The van der Waals surface area contributed by atoms with Crippen molar-refractivity contribution in [3.8, 4) is 6.07 Å². The number of hydrogen-bond acceptors (Lipinski definition) is 3. The van der Waals surface area contributed by atoms with Gasteiger partial charge in [0.05, 0.1) is 17.3 Å². The molecule has 3 rings (SSSR count). The van der Waals surface area contributed by atoms with E-state index in [1.54, 1.807) is 0 Å². The zero-order chi connectivity index (χ0) is 16.1. The lowest BCUT2D eigenvalue weighted by molar-refractivity contribution is 0.662. The molecule has 0 atom stereocenters. The molecule has 0 saturated heterocycles. The van der Waals surface area contributed by atoms with Crippen LogP contribution in [0.25, 0.3) is 0 Å². The number of benzene rings is 1. The summed E-state index contributed by atoms with van der Waals surface area (Å²) in [6.07, 6.45) is 7.25. The quantitative estimate of drug-likeness (QED) is 0.750. The van der Waals surface area contributed by atoms with Gasteiger partial charge in [-0.1, -0.05) is 12.5 Å². The van der Waals surface area contributed by atoms with Gasteiger partial charge in [0, 0.05) is 30.9 Å². The standard InChI is InChI=1S/C19H24N4/c1-23-19(16-9-10-16)13-18(22-23)7-3-2-4-11-21-17-8-5-6-15(12-17)14-20/h5-6,8,12-13,16,21H,2-4,7,9-11H2,1H3. The van der Waals surface area contributed by atoms with E-state index in [1.165, 1.54) is 37.1 Å². The molecule has 1 N–H and O–H groups in total. The Morgan fingerprint density at radius 1 is 1.26 bits per heavy atom. The fourth-order valence-electron chi connectivity index (χ4n) is 2.97. The summed E-state index contributed by atoms with van der Waals surface area (Å²) in [6.45, 7) is 0.949. The number of nitriles is 1. The Balaban J connectivity index is 1.34. The molecule has 1 fully saturated rings. The molecule has 1 saturated carbocycles. The van der Waals surface area contributed by atoms with Crippen LogP contribution in [0.4, 0.5) is 5.69 Å². The lowest BCUT2D eigenvalue weighted by Gasteiger charge is -2.06. The van der Waals surface area contributed by atoms with Crippen molar-refractivity contribution in [1.29, 1.82) is 5.26 Å². The van der Waals surface area contributed by atoms with Gasteiger partial charge in [-0.05, 0) is 56.4 Å². The number of anilines is 1. The van der Waals surface area contributed by atoms with Crippen LogP contribution in [-0.4, -0.2) is 16.3 Å². The summed E-state index contributed by atoms with van der Waals surface area (Å²) in [4.78, 5) is 0. The monoisotopic (exact) mass is 308 g/mol. The highest BCUT2D eigenvalue weighted by atomic mass is 15.3. The number of hydrogen-bond donors (Lipinski definition) is 1. The Bertz CT molecular complexity index is 692. The van der Waals surface area contributed by atoms with E-state index in [0.717, 1.165) is 31.0 Å². The first kappa shape index (κ1) is 15.6. The normalized spacial score (nSPS) is 13.7. The van der Waals surface area contributed by atoms with E-state index < -0.39 is 0 Å². The van der Waals surface area contributed by atoms with Crippen LogP contribution in [-0.2, 0) is 13.5 Å². The number of nitrogens with one attached hydrogen (secondary N) is 1. The number of aryl methyl sites for hydroxylation is 2. The van der Waals surface area contributed by atoms with Crippen molar-refractivity contribution in [3.05, 3.63) is 47.3 Å². The molecule has 4 nitrogen and oxygen atoms in total. The minimum Gasteiger partial charge on any atom is -0.385 e. The first-order valence-corrected chi connectivity index (χ1v) is 8.53. The average molecular weight is 308 g/mol. The molecular formula is C19H24N4. The molecule has 1 aromatic carbocycles. The Morgan fingerprint density at radius 3 is 2.91 bits per heavy atom. The number of aromatic nitrogens is 2. The van der Waals surface area contributed by atoms with Crippen LogP contribution in [0.1, 0.15) is 55.0 Å². The zero-order valence-electron chi connectivity index (χ0n) is 13.8. The van der Waals surface area contributed by atoms with E-state index in [4.69, 9.17) is 5.26 Å². The van der Waals surface area contributed by atoms with Crippen LogP contribution >= 0.6 is 0 Å². The van der Waals surface area contributed by atoms with E-state index in [-0.39, 0.29) is 0 Å². The predicted molar refractivity (Wildman–Crippen MR) is 92.4 cm³/mol. The Morgan fingerprint density at radius 2 is 2.13 bits per heavy atom. The van der Waals surface area contributed by atoms with E-state index in [1.807, 2.05) is 24.3 Å². The van der Waals surface area contributed by atoms with Gasteiger partial charge in [0.1, 0.15) is 0 Å². The molecule has 1 aliphatic rings. The molecule has 120 valence electrons. The largest absolute Gasteiger partial charge is 0.385 e. The van der Waals surface area contributed by atoms with Gasteiger partial charge in [-0.3, -0.25) is 4.68 Å². The fourth-order valence-corrected chi connectivity index (χ4v) is 2.97. The molecule has 2 aromatic rings. The highest BCUT2D eigenvalue weighted by molar-refractivity contribution is 5.48. The Kier molecular flexibility index (Phi) is 4.97. The lowest BCUT2D eigenvalue weighted by atomic mass is 10.1. The van der Waals surface area contributed by atoms with Gasteiger partial charge < -0.3 is 5.32 Å². The molecule has 4 heteroatoms. The Labute approximate surface area is 138 Å². The highest BCUT2D eigenvalue weighted by Crippen LogP contribution is 2.40. The molecule has 0 aliphatic heterocycles. The van der Waals surface area contributed by atoms with Gasteiger partial charge in [0.15, 0.2) is 0 Å². The number of unbranched alkanes of at least 4 members (excludes halogenated alkanes) is 2. The van der Waals surface area contributed by atoms with Crippen molar-refractivity contribution in [2.75, 3.05) is 11.9 Å². The molecule has 0 radical (unpaired) electrons. The summed E-state index contributed by atoms with van der Waals surface area (Å²) in [6, 6.07) is 12.1. The second kappa shape index (κ2) is 7.32. The van der Waals surface area contributed by atoms with Crippen molar-refractivity contribution in [1.82, 2.24) is 9.78 Å². The number of nitrogens with zero attached hydrogens (tertiary/aromatic N) is 3. The molecule has 1 heterocycles. The maximum Gasteiger partial charge on any atom is 0.0992 e. The summed E-state index contributed by atoms with van der Waals surface area (Å²) in [7, 11) is 2.07. The fraction of sp³-hybridized carbons (Fsp3) is 0.474. The third kappa shape index (κ3) is 4.35. The summed E-state index contributed by atoms with van der Waals surface area (Å²) < 4.78 is 2.07.